The molecule has 2 amide bonds. The van der Waals surface area contributed by atoms with Gasteiger partial charge in [-0.15, -0.1) is 0 Å². The van der Waals surface area contributed by atoms with E-state index in [0.29, 0.717) is 32.7 Å². The van der Waals surface area contributed by atoms with E-state index >= 15 is 0 Å². The Morgan fingerprint density at radius 1 is 1.24 bits per heavy atom. The molecule has 0 unspecified atom stereocenters. The Labute approximate surface area is 125 Å². The van der Waals surface area contributed by atoms with E-state index in [0.717, 1.165) is 11.1 Å². The second kappa shape index (κ2) is 6.44. The summed E-state index contributed by atoms with van der Waals surface area (Å²) in [7, 11) is -3.16. The Balaban J connectivity index is 1.83. The molecule has 116 valence electrons. The number of aryl methyl sites for hydroxylation is 1. The fourth-order valence-corrected chi connectivity index (χ4v) is 3.16. The van der Waals surface area contributed by atoms with Gasteiger partial charge in [-0.1, -0.05) is 29.8 Å². The standard InChI is InChI=1S/C14H21N3O3S/c1-12-4-3-5-13(10-12)11-15-14(18)16-6-8-17(9-7-16)21(2,19)20/h3-5,10H,6-9,11H2,1-2H3,(H,15,18). The third-order valence-electron chi connectivity index (χ3n) is 3.52. The minimum Gasteiger partial charge on any atom is -0.334 e. The van der Waals surface area contributed by atoms with Gasteiger partial charge in [0.15, 0.2) is 0 Å². The summed E-state index contributed by atoms with van der Waals surface area (Å²) in [4.78, 5) is 13.7. The number of amides is 2. The van der Waals surface area contributed by atoms with Gasteiger partial charge in [-0.2, -0.15) is 4.31 Å². The molecule has 1 aliphatic heterocycles. The summed E-state index contributed by atoms with van der Waals surface area (Å²) in [5.41, 5.74) is 2.21. The molecule has 1 saturated heterocycles. The zero-order valence-corrected chi connectivity index (χ0v) is 13.2. The summed E-state index contributed by atoms with van der Waals surface area (Å²) in [6, 6.07) is 7.82. The molecule has 0 radical (unpaired) electrons. The van der Waals surface area contributed by atoms with Gasteiger partial charge in [0.2, 0.25) is 10.0 Å². The number of nitrogens with zero attached hydrogens (tertiary/aromatic N) is 2. The molecule has 1 heterocycles. The molecule has 1 aliphatic rings. The first-order valence-corrected chi connectivity index (χ1v) is 8.74. The van der Waals surface area contributed by atoms with Crippen LogP contribution in [0, 0.1) is 6.92 Å². The lowest BCUT2D eigenvalue weighted by Crippen LogP contribution is -2.52. The number of sulfonamides is 1. The number of hydrogen-bond donors (Lipinski definition) is 1. The van der Waals surface area contributed by atoms with Crippen molar-refractivity contribution in [2.75, 3.05) is 32.4 Å². The molecule has 0 atom stereocenters. The van der Waals surface area contributed by atoms with Crippen LogP contribution in [0.3, 0.4) is 0 Å². The van der Waals surface area contributed by atoms with Crippen molar-refractivity contribution < 1.29 is 13.2 Å². The van der Waals surface area contributed by atoms with Crippen molar-refractivity contribution in [3.05, 3.63) is 35.4 Å². The molecule has 0 aliphatic carbocycles. The number of carbonyl (C=O) groups is 1. The van der Waals surface area contributed by atoms with Crippen LogP contribution in [-0.4, -0.2) is 56.1 Å². The lowest BCUT2D eigenvalue weighted by atomic mass is 10.1. The van der Waals surface area contributed by atoms with Crippen molar-refractivity contribution >= 4 is 16.1 Å². The molecule has 1 fully saturated rings. The topological polar surface area (TPSA) is 69.7 Å². The Morgan fingerprint density at radius 2 is 1.90 bits per heavy atom. The van der Waals surface area contributed by atoms with E-state index in [4.69, 9.17) is 0 Å². The minimum absolute atomic E-state index is 0.148. The summed E-state index contributed by atoms with van der Waals surface area (Å²) >= 11 is 0. The second-order valence-electron chi connectivity index (χ2n) is 5.30. The maximum absolute atomic E-state index is 12.1. The Kier molecular flexibility index (Phi) is 4.84. The lowest BCUT2D eigenvalue weighted by Gasteiger charge is -2.33. The van der Waals surface area contributed by atoms with E-state index in [1.54, 1.807) is 4.90 Å². The highest BCUT2D eigenvalue weighted by molar-refractivity contribution is 7.88. The fraction of sp³-hybridized carbons (Fsp3) is 0.500. The second-order valence-corrected chi connectivity index (χ2v) is 7.28. The summed E-state index contributed by atoms with van der Waals surface area (Å²) in [6.45, 7) is 4.05. The summed E-state index contributed by atoms with van der Waals surface area (Å²) in [6.07, 6.45) is 1.19. The highest BCUT2D eigenvalue weighted by atomic mass is 32.2. The predicted molar refractivity (Wildman–Crippen MR) is 81.4 cm³/mol. The molecule has 2 rings (SSSR count). The molecule has 1 aromatic rings. The van der Waals surface area contributed by atoms with E-state index in [-0.39, 0.29) is 6.03 Å². The number of hydrogen-bond acceptors (Lipinski definition) is 3. The van der Waals surface area contributed by atoms with E-state index < -0.39 is 10.0 Å². The van der Waals surface area contributed by atoms with Crippen LogP contribution in [-0.2, 0) is 16.6 Å². The summed E-state index contributed by atoms with van der Waals surface area (Å²) < 4.78 is 24.2. The molecule has 1 N–H and O–H groups in total. The van der Waals surface area contributed by atoms with Crippen LogP contribution >= 0.6 is 0 Å². The molecular weight excluding hydrogens is 290 g/mol. The van der Waals surface area contributed by atoms with Gasteiger partial charge in [-0.3, -0.25) is 0 Å². The molecule has 7 heteroatoms. The minimum atomic E-state index is -3.16. The van der Waals surface area contributed by atoms with Gasteiger partial charge < -0.3 is 10.2 Å². The monoisotopic (exact) mass is 311 g/mol. The lowest BCUT2D eigenvalue weighted by molar-refractivity contribution is 0.172. The van der Waals surface area contributed by atoms with Crippen molar-refractivity contribution in [1.29, 1.82) is 0 Å². The van der Waals surface area contributed by atoms with Gasteiger partial charge in [-0.05, 0) is 12.5 Å². The first kappa shape index (κ1) is 15.8. The number of piperazine rings is 1. The van der Waals surface area contributed by atoms with Gasteiger partial charge in [0.1, 0.15) is 0 Å². The third kappa shape index (κ3) is 4.44. The van der Waals surface area contributed by atoms with Gasteiger partial charge >= 0.3 is 6.03 Å². The zero-order valence-electron chi connectivity index (χ0n) is 12.4. The first-order chi connectivity index (χ1) is 9.86. The number of benzene rings is 1. The van der Waals surface area contributed by atoms with Crippen LogP contribution in [0.5, 0.6) is 0 Å². The van der Waals surface area contributed by atoms with Gasteiger partial charge in [0.25, 0.3) is 0 Å². The van der Waals surface area contributed by atoms with Crippen LogP contribution in [0.1, 0.15) is 11.1 Å². The maximum Gasteiger partial charge on any atom is 0.317 e. The van der Waals surface area contributed by atoms with E-state index in [2.05, 4.69) is 5.32 Å². The first-order valence-electron chi connectivity index (χ1n) is 6.90. The van der Waals surface area contributed by atoms with Crippen molar-refractivity contribution in [1.82, 2.24) is 14.5 Å². The summed E-state index contributed by atoms with van der Waals surface area (Å²) in [5, 5.41) is 2.87. The highest BCUT2D eigenvalue weighted by Gasteiger charge is 2.25. The van der Waals surface area contributed by atoms with Crippen LogP contribution in [0.15, 0.2) is 24.3 Å². The van der Waals surface area contributed by atoms with Crippen LogP contribution < -0.4 is 5.32 Å². The van der Waals surface area contributed by atoms with Crippen molar-refractivity contribution in [3.8, 4) is 0 Å². The Bertz CT molecular complexity index is 608. The molecule has 0 aromatic heterocycles. The SMILES string of the molecule is Cc1cccc(CNC(=O)N2CCN(S(C)(=O)=O)CC2)c1. The van der Waals surface area contributed by atoms with Crippen LogP contribution in [0.25, 0.3) is 0 Å². The van der Waals surface area contributed by atoms with E-state index in [1.165, 1.54) is 10.6 Å². The van der Waals surface area contributed by atoms with Gasteiger partial charge in [0, 0.05) is 32.7 Å². The molecule has 6 nitrogen and oxygen atoms in total. The van der Waals surface area contributed by atoms with Crippen molar-refractivity contribution in [3.63, 3.8) is 0 Å². The van der Waals surface area contributed by atoms with Gasteiger partial charge in [-0.25, -0.2) is 13.2 Å². The van der Waals surface area contributed by atoms with Gasteiger partial charge in [0.05, 0.1) is 6.26 Å². The molecule has 21 heavy (non-hydrogen) atoms. The average molecular weight is 311 g/mol. The molecule has 1 aromatic carbocycles. The predicted octanol–water partition coefficient (Wildman–Crippen LogP) is 0.782. The molecular formula is C14H21N3O3S. The number of urea groups is 1. The Hall–Kier alpha value is -1.60. The van der Waals surface area contributed by atoms with Crippen LogP contribution in [0.2, 0.25) is 0 Å². The van der Waals surface area contributed by atoms with Crippen LogP contribution in [0.4, 0.5) is 4.79 Å². The zero-order chi connectivity index (χ0) is 15.5. The molecule has 0 bridgehead atoms. The van der Waals surface area contributed by atoms with E-state index in [9.17, 15) is 13.2 Å². The van der Waals surface area contributed by atoms with Crippen molar-refractivity contribution in [2.45, 2.75) is 13.5 Å². The molecule has 0 saturated carbocycles. The normalized spacial score (nSPS) is 16.8. The molecule has 0 spiro atoms. The largest absolute Gasteiger partial charge is 0.334 e. The number of rotatable bonds is 3. The fourth-order valence-electron chi connectivity index (χ4n) is 2.33. The third-order valence-corrected chi connectivity index (χ3v) is 4.82. The summed E-state index contributed by atoms with van der Waals surface area (Å²) in [5.74, 6) is 0. The highest BCUT2D eigenvalue weighted by Crippen LogP contribution is 2.07. The van der Waals surface area contributed by atoms with E-state index in [1.807, 2.05) is 31.2 Å². The Morgan fingerprint density at radius 3 is 2.48 bits per heavy atom. The number of nitrogens with one attached hydrogen (secondary N) is 1. The number of carbonyl (C=O) groups excluding carboxylic acids is 1. The smallest absolute Gasteiger partial charge is 0.317 e. The van der Waals surface area contributed by atoms with Crippen molar-refractivity contribution in [2.24, 2.45) is 0 Å². The average Bonchev–Trinajstić information content (AvgIpc) is 2.44. The maximum atomic E-state index is 12.1. The quantitative estimate of drug-likeness (QED) is 0.897.